The van der Waals surface area contributed by atoms with E-state index < -0.39 is 0 Å². The van der Waals surface area contributed by atoms with Gasteiger partial charge in [0.05, 0.1) is 0 Å². The van der Waals surface area contributed by atoms with Gasteiger partial charge in [0.25, 0.3) is 0 Å². The zero-order valence-electron chi connectivity index (χ0n) is 6.64. The molecular formula is C9H15N. The molecular weight excluding hydrogens is 122 g/mol. The fourth-order valence-corrected chi connectivity index (χ4v) is 1.06. The smallest absolute Gasteiger partial charge is 0.0209 e. The van der Waals surface area contributed by atoms with Gasteiger partial charge in [0.15, 0.2) is 0 Å². The first-order valence-electron chi connectivity index (χ1n) is 3.84. The van der Waals surface area contributed by atoms with Crippen molar-refractivity contribution >= 4 is 0 Å². The third kappa shape index (κ3) is 2.26. The Labute approximate surface area is 63.0 Å². The Morgan fingerprint density at radius 3 is 3.00 bits per heavy atom. The van der Waals surface area contributed by atoms with E-state index in [9.17, 15) is 0 Å². The van der Waals surface area contributed by atoms with Crippen molar-refractivity contribution in [2.24, 2.45) is 0 Å². The van der Waals surface area contributed by atoms with Crippen molar-refractivity contribution in [3.8, 4) is 0 Å². The van der Waals surface area contributed by atoms with E-state index in [1.54, 1.807) is 0 Å². The van der Waals surface area contributed by atoms with Crippen LogP contribution in [-0.2, 0) is 0 Å². The maximum Gasteiger partial charge on any atom is 0.0209 e. The second-order valence-corrected chi connectivity index (χ2v) is 2.92. The number of hydrogen-bond acceptors (Lipinski definition) is 1. The van der Waals surface area contributed by atoms with Crippen molar-refractivity contribution in [2.45, 2.75) is 19.8 Å². The summed E-state index contributed by atoms with van der Waals surface area (Å²) < 4.78 is 0. The summed E-state index contributed by atoms with van der Waals surface area (Å²) in [6, 6.07) is 0. The molecule has 0 amide bonds. The Morgan fingerprint density at radius 1 is 1.70 bits per heavy atom. The summed E-state index contributed by atoms with van der Waals surface area (Å²) in [6.07, 6.45) is 6.75. The molecule has 0 N–H and O–H groups in total. The van der Waals surface area contributed by atoms with Crippen molar-refractivity contribution in [2.75, 3.05) is 13.1 Å². The quantitative estimate of drug-likeness (QED) is 0.539. The maximum atomic E-state index is 3.87. The second kappa shape index (κ2) is 3.45. The molecule has 0 unspecified atom stereocenters. The molecule has 1 aliphatic heterocycles. The van der Waals surface area contributed by atoms with Crippen LogP contribution < -0.4 is 0 Å². The molecule has 1 heteroatoms. The zero-order chi connectivity index (χ0) is 7.40. The van der Waals surface area contributed by atoms with Crippen molar-refractivity contribution in [3.05, 3.63) is 24.4 Å². The van der Waals surface area contributed by atoms with Gasteiger partial charge in [0.1, 0.15) is 0 Å². The Bertz CT molecular complexity index is 147. The molecule has 0 bridgehead atoms. The van der Waals surface area contributed by atoms with Gasteiger partial charge in [-0.2, -0.15) is 0 Å². The van der Waals surface area contributed by atoms with Crippen molar-refractivity contribution in [1.82, 2.24) is 4.90 Å². The van der Waals surface area contributed by atoms with Gasteiger partial charge in [-0.3, -0.25) is 0 Å². The minimum atomic E-state index is 1.13. The topological polar surface area (TPSA) is 3.24 Å². The van der Waals surface area contributed by atoms with Crippen LogP contribution in [0.1, 0.15) is 19.8 Å². The third-order valence-corrected chi connectivity index (χ3v) is 1.73. The average molecular weight is 137 g/mol. The van der Waals surface area contributed by atoms with Gasteiger partial charge < -0.3 is 4.90 Å². The Kier molecular flexibility index (Phi) is 2.55. The Hall–Kier alpha value is -0.720. The molecule has 1 aliphatic rings. The van der Waals surface area contributed by atoms with Crippen LogP contribution in [0.25, 0.3) is 0 Å². The number of hydrogen-bond donors (Lipinski definition) is 0. The highest BCUT2D eigenvalue weighted by atomic mass is 15.1. The Balaban J connectivity index is 2.13. The van der Waals surface area contributed by atoms with E-state index in [4.69, 9.17) is 0 Å². The van der Waals surface area contributed by atoms with Crippen LogP contribution in [-0.4, -0.2) is 18.0 Å². The minimum absolute atomic E-state index is 1.13. The lowest BCUT2D eigenvalue weighted by atomic mass is 10.2. The molecule has 0 radical (unpaired) electrons. The molecule has 0 atom stereocenters. The minimum Gasteiger partial charge on any atom is -0.377 e. The van der Waals surface area contributed by atoms with E-state index in [-0.39, 0.29) is 0 Å². The highest BCUT2D eigenvalue weighted by Crippen LogP contribution is 2.06. The lowest BCUT2D eigenvalue weighted by Crippen LogP contribution is -2.15. The summed E-state index contributed by atoms with van der Waals surface area (Å²) in [5.41, 5.74) is 1.28. The SMILES string of the molecule is C=C(C)CCN1C=CCC1. The first-order chi connectivity index (χ1) is 4.79. The molecule has 0 aromatic carbocycles. The zero-order valence-corrected chi connectivity index (χ0v) is 6.64. The van der Waals surface area contributed by atoms with Crippen LogP contribution in [0.2, 0.25) is 0 Å². The molecule has 1 heterocycles. The summed E-state index contributed by atoms with van der Waals surface area (Å²) in [5, 5.41) is 0. The van der Waals surface area contributed by atoms with Gasteiger partial charge in [-0.25, -0.2) is 0 Å². The normalized spacial score (nSPS) is 16.3. The fourth-order valence-electron chi connectivity index (χ4n) is 1.06. The van der Waals surface area contributed by atoms with Crippen LogP contribution in [0, 0.1) is 0 Å². The van der Waals surface area contributed by atoms with Crippen LogP contribution >= 0.6 is 0 Å². The lowest BCUT2D eigenvalue weighted by Gasteiger charge is -2.14. The molecule has 0 aromatic rings. The van der Waals surface area contributed by atoms with Crippen LogP contribution in [0.3, 0.4) is 0 Å². The molecule has 1 rings (SSSR count). The predicted octanol–water partition coefficient (Wildman–Crippen LogP) is 2.17. The van der Waals surface area contributed by atoms with E-state index in [0.29, 0.717) is 0 Å². The largest absolute Gasteiger partial charge is 0.377 e. The molecule has 0 aliphatic carbocycles. The van der Waals surface area contributed by atoms with Crippen LogP contribution in [0.5, 0.6) is 0 Å². The molecule has 0 saturated carbocycles. The number of nitrogens with zero attached hydrogens (tertiary/aromatic N) is 1. The molecule has 1 nitrogen and oxygen atoms in total. The van der Waals surface area contributed by atoms with E-state index >= 15 is 0 Å². The summed E-state index contributed by atoms with van der Waals surface area (Å²) >= 11 is 0. The van der Waals surface area contributed by atoms with Gasteiger partial charge in [-0.1, -0.05) is 11.6 Å². The standard InChI is InChI=1S/C9H15N/c1-9(2)5-8-10-6-3-4-7-10/h3,6H,1,4-5,7-8H2,2H3. The number of rotatable bonds is 3. The molecule has 10 heavy (non-hydrogen) atoms. The van der Waals surface area contributed by atoms with Gasteiger partial charge in [0, 0.05) is 13.1 Å². The van der Waals surface area contributed by atoms with Gasteiger partial charge in [-0.05, 0) is 26.0 Å². The van der Waals surface area contributed by atoms with Crippen molar-refractivity contribution in [1.29, 1.82) is 0 Å². The summed E-state index contributed by atoms with van der Waals surface area (Å²) in [5.74, 6) is 0. The highest BCUT2D eigenvalue weighted by Gasteiger charge is 2.01. The maximum absolute atomic E-state index is 3.87. The third-order valence-electron chi connectivity index (χ3n) is 1.73. The Morgan fingerprint density at radius 2 is 2.50 bits per heavy atom. The molecule has 56 valence electrons. The molecule has 0 saturated heterocycles. The summed E-state index contributed by atoms with van der Waals surface area (Å²) in [6.45, 7) is 8.29. The van der Waals surface area contributed by atoms with Crippen LogP contribution in [0.15, 0.2) is 24.4 Å². The van der Waals surface area contributed by atoms with Gasteiger partial charge in [0.2, 0.25) is 0 Å². The highest BCUT2D eigenvalue weighted by molar-refractivity contribution is 4.94. The average Bonchev–Trinajstić information content (AvgIpc) is 2.34. The van der Waals surface area contributed by atoms with E-state index in [1.807, 2.05) is 0 Å². The lowest BCUT2D eigenvalue weighted by molar-refractivity contribution is 0.410. The summed E-state index contributed by atoms with van der Waals surface area (Å²) in [7, 11) is 0. The first-order valence-corrected chi connectivity index (χ1v) is 3.84. The van der Waals surface area contributed by atoms with Crippen LogP contribution in [0.4, 0.5) is 0 Å². The van der Waals surface area contributed by atoms with E-state index in [2.05, 4.69) is 30.7 Å². The molecule has 0 aromatic heterocycles. The first kappa shape index (κ1) is 7.39. The predicted molar refractivity (Wildman–Crippen MR) is 44.8 cm³/mol. The van der Waals surface area contributed by atoms with E-state index in [1.165, 1.54) is 18.5 Å². The van der Waals surface area contributed by atoms with Crippen molar-refractivity contribution < 1.29 is 0 Å². The summed E-state index contributed by atoms with van der Waals surface area (Å²) in [4.78, 5) is 2.34. The molecule has 0 spiro atoms. The van der Waals surface area contributed by atoms with E-state index in [0.717, 1.165) is 13.0 Å². The fraction of sp³-hybridized carbons (Fsp3) is 0.556. The van der Waals surface area contributed by atoms with Gasteiger partial charge >= 0.3 is 0 Å². The monoisotopic (exact) mass is 137 g/mol. The second-order valence-electron chi connectivity index (χ2n) is 2.92. The van der Waals surface area contributed by atoms with Crippen molar-refractivity contribution in [3.63, 3.8) is 0 Å². The molecule has 0 fully saturated rings. The van der Waals surface area contributed by atoms with Gasteiger partial charge in [-0.15, -0.1) is 6.58 Å².